The number of hydrogen-bond acceptors (Lipinski definition) is 3. The minimum absolute atomic E-state index is 0.0267. The Labute approximate surface area is 140 Å². The molecular formula is C17H18ClN3O2. The molecular weight excluding hydrogens is 314 g/mol. The Morgan fingerprint density at radius 2 is 2.09 bits per heavy atom. The van der Waals surface area contributed by atoms with Gasteiger partial charge in [0.2, 0.25) is 5.88 Å². The summed E-state index contributed by atoms with van der Waals surface area (Å²) in [5, 5.41) is 3.50. The molecule has 1 aromatic heterocycles. The molecule has 1 aromatic carbocycles. The first-order chi connectivity index (χ1) is 11.1. The first-order valence-electron chi connectivity index (χ1n) is 7.51. The molecule has 2 aromatic rings. The fourth-order valence-electron chi connectivity index (χ4n) is 2.44. The van der Waals surface area contributed by atoms with Gasteiger partial charge in [-0.15, -0.1) is 0 Å². The molecule has 3 rings (SSSR count). The minimum Gasteiger partial charge on any atom is -0.472 e. The van der Waals surface area contributed by atoms with Crippen molar-refractivity contribution in [1.82, 2.24) is 9.88 Å². The third-order valence-corrected chi connectivity index (χ3v) is 3.95. The Bertz CT molecular complexity index is 673. The zero-order valence-corrected chi connectivity index (χ0v) is 13.6. The average molecular weight is 332 g/mol. The molecule has 1 fully saturated rings. The van der Waals surface area contributed by atoms with Gasteiger partial charge in [0.25, 0.3) is 0 Å². The number of pyridine rings is 1. The first kappa shape index (κ1) is 15.6. The highest BCUT2D eigenvalue weighted by atomic mass is 35.5. The number of urea groups is 1. The number of likely N-dealkylation sites (tertiary alicyclic amines) is 1. The van der Waals surface area contributed by atoms with Crippen molar-refractivity contribution in [2.24, 2.45) is 0 Å². The monoisotopic (exact) mass is 331 g/mol. The zero-order chi connectivity index (χ0) is 16.2. The molecule has 2 heterocycles. The summed E-state index contributed by atoms with van der Waals surface area (Å²) in [4.78, 5) is 18.2. The molecule has 0 aliphatic carbocycles. The summed E-state index contributed by atoms with van der Waals surface area (Å²) in [5.41, 5.74) is 1.82. The fraction of sp³-hybridized carbons (Fsp3) is 0.294. The van der Waals surface area contributed by atoms with E-state index in [2.05, 4.69) is 10.3 Å². The van der Waals surface area contributed by atoms with Crippen LogP contribution in [0.4, 0.5) is 10.5 Å². The normalized spacial score (nSPS) is 17.1. The van der Waals surface area contributed by atoms with E-state index in [0.717, 1.165) is 17.7 Å². The Morgan fingerprint density at radius 1 is 1.30 bits per heavy atom. The van der Waals surface area contributed by atoms with Crippen LogP contribution in [0.2, 0.25) is 5.02 Å². The molecule has 2 amide bonds. The van der Waals surface area contributed by atoms with Gasteiger partial charge in [-0.2, -0.15) is 0 Å². The van der Waals surface area contributed by atoms with E-state index in [0.29, 0.717) is 24.0 Å². The molecule has 1 aliphatic rings. The Hall–Kier alpha value is -2.27. The van der Waals surface area contributed by atoms with Gasteiger partial charge in [0.05, 0.1) is 6.54 Å². The number of halogens is 1. The van der Waals surface area contributed by atoms with Gasteiger partial charge in [-0.05, 0) is 36.8 Å². The lowest BCUT2D eigenvalue weighted by molar-refractivity contribution is 0.190. The molecule has 0 spiro atoms. The van der Waals surface area contributed by atoms with Crippen molar-refractivity contribution in [3.63, 3.8) is 0 Å². The number of ether oxygens (including phenoxy) is 1. The predicted octanol–water partition coefficient (Wildman–Crippen LogP) is 3.73. The summed E-state index contributed by atoms with van der Waals surface area (Å²) in [6, 6.07) is 10.7. The highest BCUT2D eigenvalue weighted by Gasteiger charge is 2.27. The van der Waals surface area contributed by atoms with Crippen LogP contribution < -0.4 is 10.1 Å². The average Bonchev–Trinajstić information content (AvgIpc) is 3.00. The molecule has 1 saturated heterocycles. The van der Waals surface area contributed by atoms with E-state index in [9.17, 15) is 4.79 Å². The highest BCUT2D eigenvalue weighted by Crippen LogP contribution is 2.19. The number of aryl methyl sites for hydroxylation is 1. The number of nitrogens with zero attached hydrogens (tertiary/aromatic N) is 2. The molecule has 1 aliphatic heterocycles. The van der Waals surface area contributed by atoms with Crippen LogP contribution in [0.25, 0.3) is 0 Å². The largest absolute Gasteiger partial charge is 0.472 e. The molecule has 0 bridgehead atoms. The maximum absolute atomic E-state index is 12.3. The Balaban J connectivity index is 1.53. The van der Waals surface area contributed by atoms with Crippen molar-refractivity contribution in [1.29, 1.82) is 0 Å². The van der Waals surface area contributed by atoms with Gasteiger partial charge in [0, 0.05) is 35.9 Å². The van der Waals surface area contributed by atoms with E-state index in [1.54, 1.807) is 35.4 Å². The predicted molar refractivity (Wildman–Crippen MR) is 90.1 cm³/mol. The molecule has 1 unspecified atom stereocenters. The molecule has 1 atom stereocenters. The number of aromatic nitrogens is 1. The van der Waals surface area contributed by atoms with Crippen molar-refractivity contribution < 1.29 is 9.53 Å². The molecule has 120 valence electrons. The number of anilines is 1. The lowest BCUT2D eigenvalue weighted by Gasteiger charge is -2.17. The second-order valence-electron chi connectivity index (χ2n) is 5.59. The summed E-state index contributed by atoms with van der Waals surface area (Å²) >= 11 is 5.84. The van der Waals surface area contributed by atoms with Crippen molar-refractivity contribution in [3.8, 4) is 5.88 Å². The van der Waals surface area contributed by atoms with Crippen molar-refractivity contribution in [3.05, 3.63) is 53.2 Å². The number of carbonyl (C=O) groups is 1. The minimum atomic E-state index is -0.129. The van der Waals surface area contributed by atoms with Gasteiger partial charge >= 0.3 is 6.03 Å². The maximum Gasteiger partial charge on any atom is 0.321 e. The van der Waals surface area contributed by atoms with E-state index < -0.39 is 0 Å². The summed E-state index contributed by atoms with van der Waals surface area (Å²) in [6.07, 6.45) is 2.54. The van der Waals surface area contributed by atoms with E-state index in [4.69, 9.17) is 16.3 Å². The summed E-state index contributed by atoms with van der Waals surface area (Å²) < 4.78 is 5.83. The van der Waals surface area contributed by atoms with Gasteiger partial charge in [-0.3, -0.25) is 0 Å². The maximum atomic E-state index is 12.3. The van der Waals surface area contributed by atoms with Crippen LogP contribution in [0, 0.1) is 6.92 Å². The third kappa shape index (κ3) is 4.13. The van der Waals surface area contributed by atoms with Crippen molar-refractivity contribution >= 4 is 23.3 Å². The van der Waals surface area contributed by atoms with Gasteiger partial charge in [-0.1, -0.05) is 17.7 Å². The molecule has 0 radical (unpaired) electrons. The standard InChI is InChI=1S/C17H18ClN3O2/c1-12-2-7-16(19-10-12)23-15-8-9-21(11-15)17(22)20-14-5-3-13(18)4-6-14/h2-7,10,15H,8-9,11H2,1H3,(H,20,22). The van der Waals surface area contributed by atoms with Crippen LogP contribution in [0.1, 0.15) is 12.0 Å². The number of hydrogen-bond donors (Lipinski definition) is 1. The number of rotatable bonds is 3. The van der Waals surface area contributed by atoms with Gasteiger partial charge in [0.1, 0.15) is 6.10 Å². The number of amides is 2. The first-order valence-corrected chi connectivity index (χ1v) is 7.89. The third-order valence-electron chi connectivity index (χ3n) is 3.70. The molecule has 1 N–H and O–H groups in total. The summed E-state index contributed by atoms with van der Waals surface area (Å²) in [5.74, 6) is 0.598. The number of carbonyl (C=O) groups excluding carboxylic acids is 1. The highest BCUT2D eigenvalue weighted by molar-refractivity contribution is 6.30. The number of benzene rings is 1. The van der Waals surface area contributed by atoms with Crippen molar-refractivity contribution in [2.45, 2.75) is 19.4 Å². The van der Waals surface area contributed by atoms with Crippen LogP contribution in [-0.4, -0.2) is 35.1 Å². The summed E-state index contributed by atoms with van der Waals surface area (Å²) in [6.45, 7) is 3.19. The lowest BCUT2D eigenvalue weighted by atomic mass is 10.3. The van der Waals surface area contributed by atoms with Crippen LogP contribution >= 0.6 is 11.6 Å². The molecule has 5 nitrogen and oxygen atoms in total. The van der Waals surface area contributed by atoms with E-state index >= 15 is 0 Å². The fourth-order valence-corrected chi connectivity index (χ4v) is 2.57. The number of nitrogens with one attached hydrogen (secondary N) is 1. The SMILES string of the molecule is Cc1ccc(OC2CCN(C(=O)Nc3ccc(Cl)cc3)C2)nc1. The van der Waals surface area contributed by atoms with E-state index in [1.807, 2.05) is 19.1 Å². The lowest BCUT2D eigenvalue weighted by Crippen LogP contribution is -2.34. The molecule has 6 heteroatoms. The Morgan fingerprint density at radius 3 is 2.78 bits per heavy atom. The molecule has 0 saturated carbocycles. The second kappa shape index (κ2) is 6.87. The van der Waals surface area contributed by atoms with E-state index in [-0.39, 0.29) is 12.1 Å². The van der Waals surface area contributed by atoms with Crippen LogP contribution in [0.5, 0.6) is 5.88 Å². The zero-order valence-electron chi connectivity index (χ0n) is 12.8. The quantitative estimate of drug-likeness (QED) is 0.932. The molecule has 23 heavy (non-hydrogen) atoms. The van der Waals surface area contributed by atoms with Crippen LogP contribution in [0.3, 0.4) is 0 Å². The van der Waals surface area contributed by atoms with Crippen molar-refractivity contribution in [2.75, 3.05) is 18.4 Å². The van der Waals surface area contributed by atoms with Gasteiger partial charge in [0.15, 0.2) is 0 Å². The van der Waals surface area contributed by atoms with Gasteiger partial charge in [-0.25, -0.2) is 9.78 Å². The van der Waals surface area contributed by atoms with Crippen LogP contribution in [0.15, 0.2) is 42.6 Å². The van der Waals surface area contributed by atoms with Crippen LogP contribution in [-0.2, 0) is 0 Å². The van der Waals surface area contributed by atoms with Gasteiger partial charge < -0.3 is 15.0 Å². The topological polar surface area (TPSA) is 54.5 Å². The smallest absolute Gasteiger partial charge is 0.321 e. The summed E-state index contributed by atoms with van der Waals surface area (Å²) in [7, 11) is 0. The second-order valence-corrected chi connectivity index (χ2v) is 6.02. The van der Waals surface area contributed by atoms with E-state index in [1.165, 1.54) is 0 Å². The Kier molecular flexibility index (Phi) is 4.67.